The Hall–Kier alpha value is -4.94. The maximum absolute atomic E-state index is 13.2. The van der Waals surface area contributed by atoms with Gasteiger partial charge in [0.05, 0.1) is 23.7 Å². The first-order valence-corrected chi connectivity index (χ1v) is 13.6. The summed E-state index contributed by atoms with van der Waals surface area (Å²) >= 11 is 0. The van der Waals surface area contributed by atoms with Crippen molar-refractivity contribution >= 4 is 23.2 Å². The van der Waals surface area contributed by atoms with Crippen LogP contribution in [0.25, 0.3) is 22.6 Å². The van der Waals surface area contributed by atoms with E-state index >= 15 is 0 Å². The first kappa shape index (κ1) is 27.6. The monoisotopic (exact) mass is 555 g/mol. The van der Waals surface area contributed by atoms with Crippen molar-refractivity contribution in [2.75, 3.05) is 12.3 Å². The molecule has 5 heterocycles. The van der Waals surface area contributed by atoms with Crippen molar-refractivity contribution in [2.45, 2.75) is 59.4 Å². The Morgan fingerprint density at radius 2 is 1.95 bits per heavy atom. The lowest BCUT2D eigenvalue weighted by Gasteiger charge is -2.30. The third kappa shape index (κ3) is 5.42. The fourth-order valence-electron chi connectivity index (χ4n) is 5.07. The topological polar surface area (TPSA) is 166 Å². The first-order valence-electron chi connectivity index (χ1n) is 13.6. The molecule has 1 amide bonds. The molecule has 41 heavy (non-hydrogen) atoms. The summed E-state index contributed by atoms with van der Waals surface area (Å²) in [6.07, 6.45) is 11.0. The van der Waals surface area contributed by atoms with E-state index in [0.717, 1.165) is 29.5 Å². The molecule has 0 unspecified atom stereocenters. The quantitative estimate of drug-likeness (QED) is 0.232. The Morgan fingerprint density at radius 1 is 1.12 bits per heavy atom. The van der Waals surface area contributed by atoms with E-state index in [1.165, 1.54) is 17.8 Å². The maximum atomic E-state index is 13.2. The van der Waals surface area contributed by atoms with E-state index in [2.05, 4.69) is 30.4 Å². The van der Waals surface area contributed by atoms with Crippen LogP contribution in [0.5, 0.6) is 0 Å². The number of anilines is 1. The van der Waals surface area contributed by atoms with Crippen molar-refractivity contribution in [3.63, 3.8) is 0 Å². The fraction of sp³-hybridized carbons (Fsp3) is 0.357. The minimum Gasteiger partial charge on any atom is -0.383 e. The average molecular weight is 556 g/mol. The van der Waals surface area contributed by atoms with E-state index in [1.54, 1.807) is 23.3 Å². The predicted molar refractivity (Wildman–Crippen MR) is 153 cm³/mol. The molecular formula is C28H33N11O2. The number of nitrogens with one attached hydrogen (secondary N) is 1. The van der Waals surface area contributed by atoms with Crippen LogP contribution < -0.4 is 5.73 Å². The van der Waals surface area contributed by atoms with Crippen molar-refractivity contribution in [3.8, 4) is 16.9 Å². The number of hydrogen-bond donors (Lipinski definition) is 2. The van der Waals surface area contributed by atoms with Gasteiger partial charge < -0.3 is 10.6 Å². The van der Waals surface area contributed by atoms with Gasteiger partial charge in [-0.25, -0.2) is 19.6 Å². The second-order valence-electron chi connectivity index (χ2n) is 9.97. The summed E-state index contributed by atoms with van der Waals surface area (Å²) in [5.74, 6) is 0.728. The molecule has 0 aliphatic heterocycles. The van der Waals surface area contributed by atoms with E-state index in [9.17, 15) is 9.59 Å². The number of pyridine rings is 1. The van der Waals surface area contributed by atoms with Crippen molar-refractivity contribution in [1.29, 1.82) is 0 Å². The van der Waals surface area contributed by atoms with Gasteiger partial charge in [-0.1, -0.05) is 13.8 Å². The van der Waals surface area contributed by atoms with E-state index in [0.29, 0.717) is 42.1 Å². The molecule has 13 heteroatoms. The average Bonchev–Trinajstić information content (AvgIpc) is 3.74. The fourth-order valence-corrected chi connectivity index (χ4v) is 5.07. The zero-order valence-corrected chi connectivity index (χ0v) is 23.6. The van der Waals surface area contributed by atoms with Gasteiger partial charge in [0.15, 0.2) is 17.2 Å². The van der Waals surface area contributed by atoms with Gasteiger partial charge in [-0.05, 0) is 57.2 Å². The van der Waals surface area contributed by atoms with Gasteiger partial charge in [0.25, 0.3) is 5.91 Å². The number of carbonyl (C=O) groups is 2. The molecule has 13 nitrogen and oxygen atoms in total. The Labute approximate surface area is 236 Å². The van der Waals surface area contributed by atoms with Crippen LogP contribution in [-0.4, -0.2) is 73.7 Å². The molecule has 5 rings (SSSR count). The number of amides is 1. The lowest BCUT2D eigenvalue weighted by atomic mass is 10.0. The van der Waals surface area contributed by atoms with Crippen LogP contribution in [0.15, 0.2) is 43.2 Å². The molecule has 0 bridgehead atoms. The standard InChI is InChI=1S/C28H33N11O2/c1-5-11-37(28(41)26-31-16-32-36-26)20(6-2)8-9-22-24(18(4)40)25(29)39-27(35-22)21(14-34-39)19-7-10-23(30-13-19)38-15-17(3)12-33-38/h7,10,12-16,20H,5-6,8-9,11,29H2,1-4H3,(H,31,32,36)/t20-/m1/s1. The molecule has 0 fully saturated rings. The van der Waals surface area contributed by atoms with Gasteiger partial charge in [0.2, 0.25) is 5.82 Å². The third-order valence-corrected chi connectivity index (χ3v) is 7.08. The molecule has 0 spiro atoms. The van der Waals surface area contributed by atoms with Crippen LogP contribution in [0.1, 0.15) is 72.3 Å². The van der Waals surface area contributed by atoms with Crippen molar-refractivity contribution in [1.82, 2.24) is 49.4 Å². The number of nitrogens with two attached hydrogens (primary N) is 1. The zero-order chi connectivity index (χ0) is 29.1. The number of H-pyrrole nitrogens is 1. The second-order valence-corrected chi connectivity index (χ2v) is 9.97. The van der Waals surface area contributed by atoms with Crippen molar-refractivity contribution in [2.24, 2.45) is 0 Å². The number of nitrogens with zero attached hydrogens (tertiary/aromatic N) is 9. The summed E-state index contributed by atoms with van der Waals surface area (Å²) in [5.41, 5.74) is 10.5. The van der Waals surface area contributed by atoms with Crippen LogP contribution in [0.3, 0.4) is 0 Å². The van der Waals surface area contributed by atoms with E-state index in [-0.39, 0.29) is 29.4 Å². The highest BCUT2D eigenvalue weighted by Crippen LogP contribution is 2.29. The Bertz CT molecular complexity index is 1670. The highest BCUT2D eigenvalue weighted by atomic mass is 16.2. The number of Topliss-reactive ketones (excluding diaryl/α,β-unsaturated/α-hetero) is 1. The van der Waals surface area contributed by atoms with E-state index in [4.69, 9.17) is 10.7 Å². The number of carbonyl (C=O) groups excluding carboxylic acids is 2. The number of nitrogen functional groups attached to an aromatic ring is 1. The largest absolute Gasteiger partial charge is 0.383 e. The Morgan fingerprint density at radius 3 is 2.56 bits per heavy atom. The highest BCUT2D eigenvalue weighted by Gasteiger charge is 2.27. The van der Waals surface area contributed by atoms with Gasteiger partial charge in [-0.3, -0.25) is 14.7 Å². The predicted octanol–water partition coefficient (Wildman–Crippen LogP) is 3.45. The summed E-state index contributed by atoms with van der Waals surface area (Å²) in [7, 11) is 0. The van der Waals surface area contributed by atoms with Crippen molar-refractivity contribution in [3.05, 3.63) is 65.9 Å². The number of fused-ring (bicyclic) bond motifs is 1. The minimum atomic E-state index is -0.204. The summed E-state index contributed by atoms with van der Waals surface area (Å²) < 4.78 is 3.20. The summed E-state index contributed by atoms with van der Waals surface area (Å²) in [6, 6.07) is 3.70. The molecule has 0 radical (unpaired) electrons. The van der Waals surface area contributed by atoms with Gasteiger partial charge >= 0.3 is 0 Å². The maximum Gasteiger partial charge on any atom is 0.291 e. The van der Waals surface area contributed by atoms with Gasteiger partial charge in [0.1, 0.15) is 12.1 Å². The lowest BCUT2D eigenvalue weighted by Crippen LogP contribution is -2.41. The highest BCUT2D eigenvalue weighted by molar-refractivity contribution is 6.00. The summed E-state index contributed by atoms with van der Waals surface area (Å²) in [4.78, 5) is 41.2. The molecule has 0 saturated heterocycles. The molecule has 0 saturated carbocycles. The van der Waals surface area contributed by atoms with Gasteiger partial charge in [-0.15, -0.1) is 0 Å². The van der Waals surface area contributed by atoms with E-state index in [1.807, 2.05) is 44.0 Å². The molecule has 3 N–H and O–H groups in total. The number of hydrogen-bond acceptors (Lipinski definition) is 9. The van der Waals surface area contributed by atoms with Crippen LogP contribution in [0, 0.1) is 6.92 Å². The zero-order valence-electron chi connectivity index (χ0n) is 23.6. The molecule has 0 aliphatic rings. The van der Waals surface area contributed by atoms with Gasteiger partial charge in [-0.2, -0.15) is 19.8 Å². The van der Waals surface area contributed by atoms with Crippen LogP contribution in [0.4, 0.5) is 5.82 Å². The normalized spacial score (nSPS) is 12.1. The molecule has 5 aromatic heterocycles. The number of ketones is 1. The summed E-state index contributed by atoms with van der Waals surface area (Å²) in [5, 5.41) is 15.2. The Kier molecular flexibility index (Phi) is 7.86. The smallest absolute Gasteiger partial charge is 0.291 e. The van der Waals surface area contributed by atoms with E-state index < -0.39 is 0 Å². The first-order chi connectivity index (χ1) is 19.8. The van der Waals surface area contributed by atoms with Crippen LogP contribution >= 0.6 is 0 Å². The SMILES string of the molecule is CCCN(C(=O)c1ncn[nH]1)[C@H](CC)CCc1nc2c(-c3ccc(-n4cc(C)cn4)nc3)cnn2c(N)c1C(C)=O. The second kappa shape index (κ2) is 11.7. The number of aryl methyl sites for hydroxylation is 2. The minimum absolute atomic E-state index is 0.0985. The lowest BCUT2D eigenvalue weighted by molar-refractivity contribution is 0.0650. The molecule has 1 atom stereocenters. The molecule has 5 aromatic rings. The number of aromatic amines is 1. The number of aromatic nitrogens is 9. The molecule has 0 aliphatic carbocycles. The molecule has 0 aromatic carbocycles. The van der Waals surface area contributed by atoms with Crippen molar-refractivity contribution < 1.29 is 9.59 Å². The third-order valence-electron chi connectivity index (χ3n) is 7.08. The van der Waals surface area contributed by atoms with Crippen LogP contribution in [0.2, 0.25) is 0 Å². The van der Waals surface area contributed by atoms with Crippen LogP contribution in [-0.2, 0) is 6.42 Å². The van der Waals surface area contributed by atoms with Gasteiger partial charge in [0, 0.05) is 36.1 Å². The summed E-state index contributed by atoms with van der Waals surface area (Å²) in [6.45, 7) is 8.07. The molecule has 212 valence electrons. The number of rotatable bonds is 11. The Balaban J connectivity index is 1.47. The molecular weight excluding hydrogens is 522 g/mol.